The number of rotatable bonds is 4. The molecule has 1 unspecified atom stereocenters. The van der Waals surface area contributed by atoms with Gasteiger partial charge >= 0.3 is 0 Å². The highest BCUT2D eigenvalue weighted by atomic mass is 35.5. The number of ketones is 1. The third kappa shape index (κ3) is 3.41. The highest BCUT2D eigenvalue weighted by Crippen LogP contribution is 2.42. The Kier molecular flexibility index (Phi) is 4.89. The summed E-state index contributed by atoms with van der Waals surface area (Å²) in [4.78, 5) is 27.3. The van der Waals surface area contributed by atoms with Crippen LogP contribution in [0.3, 0.4) is 0 Å². The molecule has 9 heteroatoms. The van der Waals surface area contributed by atoms with Crippen LogP contribution in [0.4, 0.5) is 9.52 Å². The highest BCUT2D eigenvalue weighted by Gasteiger charge is 2.46. The third-order valence-electron chi connectivity index (χ3n) is 4.47. The number of benzene rings is 2. The summed E-state index contributed by atoms with van der Waals surface area (Å²) >= 11 is 7.14. The molecule has 2 heterocycles. The highest BCUT2D eigenvalue weighted by molar-refractivity contribution is 7.15. The molecule has 6 nitrogen and oxygen atoms in total. The Balaban J connectivity index is 1.86. The first-order chi connectivity index (χ1) is 13.9. The number of carbonyl (C=O) groups is 2. The molecule has 2 aromatic carbocycles. The third-order valence-corrected chi connectivity index (χ3v) is 5.56. The Morgan fingerprint density at radius 3 is 2.38 bits per heavy atom. The molecule has 1 amide bonds. The van der Waals surface area contributed by atoms with Crippen LogP contribution in [0.25, 0.3) is 0 Å². The first-order valence-electron chi connectivity index (χ1n) is 8.49. The van der Waals surface area contributed by atoms with Crippen molar-refractivity contribution in [2.24, 2.45) is 0 Å². The number of aromatic nitrogens is 2. The fourth-order valence-electron chi connectivity index (χ4n) is 3.14. The van der Waals surface area contributed by atoms with Crippen LogP contribution in [-0.4, -0.2) is 27.0 Å². The Morgan fingerprint density at radius 2 is 1.79 bits per heavy atom. The van der Waals surface area contributed by atoms with E-state index in [1.165, 1.54) is 17.0 Å². The minimum atomic E-state index is -0.926. The van der Waals surface area contributed by atoms with E-state index >= 15 is 0 Å². The molecule has 0 aliphatic carbocycles. The van der Waals surface area contributed by atoms with Crippen LogP contribution in [0.15, 0.2) is 59.9 Å². The van der Waals surface area contributed by atoms with E-state index < -0.39 is 29.3 Å². The lowest BCUT2D eigenvalue weighted by Crippen LogP contribution is -2.31. The van der Waals surface area contributed by atoms with E-state index in [2.05, 4.69) is 10.2 Å². The second-order valence-electron chi connectivity index (χ2n) is 6.33. The van der Waals surface area contributed by atoms with Gasteiger partial charge in [0.1, 0.15) is 10.8 Å². The Bertz CT molecular complexity index is 1140. The van der Waals surface area contributed by atoms with Crippen molar-refractivity contribution in [3.05, 3.63) is 86.8 Å². The van der Waals surface area contributed by atoms with Crippen molar-refractivity contribution in [3.8, 4) is 0 Å². The number of hydrogen-bond donors (Lipinski definition) is 1. The maximum absolute atomic E-state index is 13.3. The van der Waals surface area contributed by atoms with Gasteiger partial charge < -0.3 is 5.11 Å². The molecule has 1 aliphatic heterocycles. The van der Waals surface area contributed by atoms with Gasteiger partial charge in [0.05, 0.1) is 11.6 Å². The van der Waals surface area contributed by atoms with E-state index in [1.807, 2.05) is 0 Å². The summed E-state index contributed by atoms with van der Waals surface area (Å²) in [6.07, 6.45) is 0. The first kappa shape index (κ1) is 19.2. The molecule has 1 N–H and O–H groups in total. The monoisotopic (exact) mass is 429 g/mol. The van der Waals surface area contributed by atoms with Gasteiger partial charge in [0.2, 0.25) is 5.13 Å². The number of halogens is 2. The molecule has 1 atom stereocenters. The number of hydrogen-bond acceptors (Lipinski definition) is 6. The van der Waals surface area contributed by atoms with E-state index in [1.54, 1.807) is 31.2 Å². The minimum absolute atomic E-state index is 0.114. The second kappa shape index (κ2) is 7.38. The average Bonchev–Trinajstić information content (AvgIpc) is 3.24. The zero-order valence-corrected chi connectivity index (χ0v) is 16.5. The number of aliphatic hydroxyl groups excluding tert-OH is 1. The van der Waals surface area contributed by atoms with Crippen molar-refractivity contribution in [3.63, 3.8) is 0 Å². The fraction of sp³-hybridized carbons (Fsp3) is 0.100. The van der Waals surface area contributed by atoms with Gasteiger partial charge in [0.15, 0.2) is 11.5 Å². The molecule has 1 aliphatic rings. The predicted octanol–water partition coefficient (Wildman–Crippen LogP) is 4.42. The van der Waals surface area contributed by atoms with Gasteiger partial charge in [-0.1, -0.05) is 35.1 Å². The SMILES string of the molecule is Cc1nnc(N2C(=O)C(O)=C(C(=O)c3ccc(F)cc3)C2c2ccc(Cl)cc2)s1. The van der Waals surface area contributed by atoms with Gasteiger partial charge in [-0.05, 0) is 48.9 Å². The first-order valence-corrected chi connectivity index (χ1v) is 9.69. The molecule has 0 bridgehead atoms. The molecule has 0 radical (unpaired) electrons. The maximum Gasteiger partial charge on any atom is 0.296 e. The molecule has 0 saturated carbocycles. The minimum Gasteiger partial charge on any atom is -0.503 e. The molecule has 0 fully saturated rings. The van der Waals surface area contributed by atoms with Gasteiger partial charge in [-0.15, -0.1) is 10.2 Å². The van der Waals surface area contributed by atoms with Crippen LogP contribution < -0.4 is 4.90 Å². The molecule has 4 rings (SSSR count). The van der Waals surface area contributed by atoms with Crippen LogP contribution in [0.2, 0.25) is 5.02 Å². The van der Waals surface area contributed by atoms with Crippen molar-refractivity contribution in [2.45, 2.75) is 13.0 Å². The molecule has 0 spiro atoms. The van der Waals surface area contributed by atoms with Crippen LogP contribution in [0, 0.1) is 12.7 Å². The topological polar surface area (TPSA) is 83.4 Å². The quantitative estimate of drug-likeness (QED) is 0.620. The van der Waals surface area contributed by atoms with Crippen LogP contribution >= 0.6 is 22.9 Å². The van der Waals surface area contributed by atoms with Crippen molar-refractivity contribution < 1.29 is 19.1 Å². The van der Waals surface area contributed by atoms with Crippen molar-refractivity contribution in [1.82, 2.24) is 10.2 Å². The zero-order valence-electron chi connectivity index (χ0n) is 15.0. The number of aliphatic hydroxyl groups is 1. The molecular formula is C20H13ClFN3O3S. The second-order valence-corrected chi connectivity index (χ2v) is 7.93. The molecule has 3 aromatic rings. The van der Waals surface area contributed by atoms with Gasteiger partial charge in [-0.2, -0.15) is 0 Å². The van der Waals surface area contributed by atoms with E-state index in [-0.39, 0.29) is 16.3 Å². The lowest BCUT2D eigenvalue weighted by atomic mass is 9.93. The number of Topliss-reactive ketones (excluding diaryl/α,β-unsaturated/α-hetero) is 1. The molecule has 146 valence electrons. The maximum atomic E-state index is 13.3. The molecule has 29 heavy (non-hydrogen) atoms. The van der Waals surface area contributed by atoms with Crippen molar-refractivity contribution in [2.75, 3.05) is 4.90 Å². The van der Waals surface area contributed by atoms with Crippen molar-refractivity contribution >= 4 is 39.8 Å². The van der Waals surface area contributed by atoms with E-state index in [0.717, 1.165) is 23.5 Å². The number of amides is 1. The van der Waals surface area contributed by atoms with Crippen molar-refractivity contribution in [1.29, 1.82) is 0 Å². The Hall–Kier alpha value is -3.10. The summed E-state index contributed by atoms with van der Waals surface area (Å²) in [5.41, 5.74) is 0.594. The lowest BCUT2D eigenvalue weighted by molar-refractivity contribution is -0.117. The summed E-state index contributed by atoms with van der Waals surface area (Å²) in [6, 6.07) is 10.5. The molecular weight excluding hydrogens is 417 g/mol. The fourth-order valence-corrected chi connectivity index (χ4v) is 3.98. The summed E-state index contributed by atoms with van der Waals surface area (Å²) in [5, 5.41) is 19.9. The summed E-state index contributed by atoms with van der Waals surface area (Å²) < 4.78 is 13.3. The Labute approximate surface area is 173 Å². The zero-order chi connectivity index (χ0) is 20.7. The van der Waals surface area contributed by atoms with Crippen LogP contribution in [0.5, 0.6) is 0 Å². The number of nitrogens with zero attached hydrogens (tertiary/aromatic N) is 3. The van der Waals surface area contributed by atoms with E-state index in [4.69, 9.17) is 11.6 Å². The van der Waals surface area contributed by atoms with Crippen LogP contribution in [-0.2, 0) is 4.79 Å². The number of carbonyl (C=O) groups excluding carboxylic acids is 2. The predicted molar refractivity (Wildman–Crippen MR) is 107 cm³/mol. The largest absolute Gasteiger partial charge is 0.503 e. The molecule has 0 saturated heterocycles. The van der Waals surface area contributed by atoms with E-state index in [9.17, 15) is 19.1 Å². The summed E-state index contributed by atoms with van der Waals surface area (Å²) in [7, 11) is 0. The normalized spacial score (nSPS) is 16.6. The standard InChI is InChI=1S/C20H13ClFN3O3S/c1-10-23-24-20(29-10)25-16(11-2-6-13(21)7-3-11)15(18(27)19(25)28)17(26)12-4-8-14(22)9-5-12/h2-9,16,27H,1H3. The number of anilines is 1. The van der Waals surface area contributed by atoms with E-state index in [0.29, 0.717) is 15.6 Å². The smallest absolute Gasteiger partial charge is 0.296 e. The number of aryl methyl sites for hydroxylation is 1. The van der Waals surface area contributed by atoms with Gasteiger partial charge in [-0.25, -0.2) is 4.39 Å². The Morgan fingerprint density at radius 1 is 1.14 bits per heavy atom. The average molecular weight is 430 g/mol. The van der Waals surface area contributed by atoms with Crippen LogP contribution in [0.1, 0.15) is 27.0 Å². The van der Waals surface area contributed by atoms with Gasteiger partial charge in [0, 0.05) is 10.6 Å². The summed E-state index contributed by atoms with van der Waals surface area (Å²) in [5.74, 6) is -2.51. The molecule has 1 aromatic heterocycles. The van der Waals surface area contributed by atoms with Gasteiger partial charge in [0.25, 0.3) is 5.91 Å². The lowest BCUT2D eigenvalue weighted by Gasteiger charge is -2.24. The summed E-state index contributed by atoms with van der Waals surface area (Å²) in [6.45, 7) is 1.73. The van der Waals surface area contributed by atoms with Gasteiger partial charge in [-0.3, -0.25) is 14.5 Å².